The molecule has 0 atom stereocenters. The van der Waals surface area contributed by atoms with Crippen molar-refractivity contribution < 1.29 is 26.7 Å². The summed E-state index contributed by atoms with van der Waals surface area (Å²) in [7, 11) is 0. The Bertz CT molecular complexity index is 1190. The topological polar surface area (TPSA) is 86.5 Å². The van der Waals surface area contributed by atoms with Crippen LogP contribution in [0.5, 0.6) is 0 Å². The number of halogens is 5. The minimum absolute atomic E-state index is 0.0413. The molecule has 0 aliphatic carbocycles. The summed E-state index contributed by atoms with van der Waals surface area (Å²) in [5, 5.41) is 11.3. The predicted molar refractivity (Wildman–Crippen MR) is 94.0 cm³/mol. The van der Waals surface area contributed by atoms with Gasteiger partial charge in [-0.2, -0.15) is 18.4 Å². The number of aromatic nitrogens is 3. The van der Waals surface area contributed by atoms with Gasteiger partial charge in [0.2, 0.25) is 0 Å². The molecule has 2 aromatic heterocycles. The summed E-state index contributed by atoms with van der Waals surface area (Å²) in [6.45, 7) is -0.897. The lowest BCUT2D eigenvalue weighted by molar-refractivity contribution is -0.173. The number of nitriles is 1. The highest BCUT2D eigenvalue weighted by Gasteiger charge is 2.38. The van der Waals surface area contributed by atoms with E-state index in [2.05, 4.69) is 9.97 Å². The van der Waals surface area contributed by atoms with Gasteiger partial charge >= 0.3 is 12.1 Å². The van der Waals surface area contributed by atoms with Gasteiger partial charge in [0.05, 0.1) is 23.1 Å². The van der Waals surface area contributed by atoms with Gasteiger partial charge in [0, 0.05) is 13.1 Å². The number of carbonyl (C=O) groups excluding carboxylic acids is 1. The zero-order valence-corrected chi connectivity index (χ0v) is 15.1. The lowest BCUT2D eigenvalue weighted by Crippen LogP contribution is -2.38. The van der Waals surface area contributed by atoms with Crippen LogP contribution in [0, 0.1) is 27.6 Å². The van der Waals surface area contributed by atoms with Gasteiger partial charge in [0.1, 0.15) is 28.8 Å². The molecule has 29 heavy (non-hydrogen) atoms. The molecule has 0 saturated carbocycles. The van der Waals surface area contributed by atoms with Crippen LogP contribution in [-0.2, 0) is 11.3 Å². The summed E-state index contributed by atoms with van der Waals surface area (Å²) in [5.74, 6) is -4.14. The molecule has 12 heteroatoms. The molecular weight excluding hydrogens is 417 g/mol. The average molecular weight is 427 g/mol. The molecule has 6 nitrogen and oxygen atoms in total. The number of amides is 1. The molecule has 0 radical (unpaired) electrons. The highest BCUT2D eigenvalue weighted by atomic mass is 32.1. The number of rotatable bonds is 4. The van der Waals surface area contributed by atoms with E-state index >= 15 is 0 Å². The molecule has 150 valence electrons. The van der Waals surface area contributed by atoms with Crippen molar-refractivity contribution in [1.82, 2.24) is 19.9 Å². The molecule has 3 rings (SSSR count). The number of alkyl halides is 3. The SMILES string of the molecule is N#Cc1c(-c2c(F)cccc2F)n(CCNC(=O)C(F)(F)F)c2c(=S)nc[nH]c12. The van der Waals surface area contributed by atoms with Crippen LogP contribution < -0.4 is 5.32 Å². The van der Waals surface area contributed by atoms with E-state index in [-0.39, 0.29) is 33.5 Å². The van der Waals surface area contributed by atoms with E-state index in [0.717, 1.165) is 22.8 Å². The number of hydrogen-bond donors (Lipinski definition) is 2. The van der Waals surface area contributed by atoms with Crippen LogP contribution in [0.25, 0.3) is 22.3 Å². The zero-order valence-electron chi connectivity index (χ0n) is 14.3. The number of hydrogen-bond acceptors (Lipinski definition) is 4. The standard InChI is InChI=1S/C17H10F5N5OS/c18-9-2-1-3-10(19)11(9)13-8(6-23)12-14(15(29)26-7-25-12)27(13)5-4-24-16(28)17(20,21)22/h1-3,7H,4-5H2,(H,24,28)(H,25,26,29). The van der Waals surface area contributed by atoms with Crippen molar-refractivity contribution in [3.05, 3.63) is 46.4 Å². The lowest BCUT2D eigenvalue weighted by atomic mass is 10.1. The van der Waals surface area contributed by atoms with Crippen LogP contribution in [0.3, 0.4) is 0 Å². The molecule has 0 unspecified atom stereocenters. The van der Waals surface area contributed by atoms with E-state index in [0.29, 0.717) is 0 Å². The van der Waals surface area contributed by atoms with Crippen LogP contribution in [-0.4, -0.2) is 33.2 Å². The van der Waals surface area contributed by atoms with E-state index in [9.17, 15) is 32.0 Å². The second-order valence-electron chi connectivity index (χ2n) is 5.77. The Morgan fingerprint density at radius 3 is 2.55 bits per heavy atom. The monoisotopic (exact) mass is 427 g/mol. The molecule has 1 aromatic carbocycles. The molecule has 0 aliphatic heterocycles. The Kier molecular flexibility index (Phi) is 5.34. The molecule has 0 saturated heterocycles. The van der Waals surface area contributed by atoms with Crippen LogP contribution in [0.4, 0.5) is 22.0 Å². The molecule has 3 aromatic rings. The number of nitrogens with zero attached hydrogens (tertiary/aromatic N) is 3. The van der Waals surface area contributed by atoms with E-state index in [1.807, 2.05) is 6.07 Å². The lowest BCUT2D eigenvalue weighted by Gasteiger charge is -2.13. The van der Waals surface area contributed by atoms with Crippen molar-refractivity contribution >= 4 is 29.2 Å². The summed E-state index contributed by atoms with van der Waals surface area (Å²) in [6.07, 6.45) is -3.90. The summed E-state index contributed by atoms with van der Waals surface area (Å²) in [4.78, 5) is 17.6. The van der Waals surface area contributed by atoms with Gasteiger partial charge in [-0.15, -0.1) is 0 Å². The van der Waals surface area contributed by atoms with Crippen LogP contribution >= 0.6 is 12.2 Å². The first-order valence-corrected chi connectivity index (χ1v) is 8.37. The van der Waals surface area contributed by atoms with Crippen LogP contribution in [0.15, 0.2) is 24.5 Å². The molecular formula is C17H10F5N5OS. The highest BCUT2D eigenvalue weighted by molar-refractivity contribution is 7.71. The second kappa shape index (κ2) is 7.59. The number of fused-ring (bicyclic) bond motifs is 1. The smallest absolute Gasteiger partial charge is 0.346 e. The van der Waals surface area contributed by atoms with E-state index in [4.69, 9.17) is 12.2 Å². The van der Waals surface area contributed by atoms with Crippen molar-refractivity contribution in [1.29, 1.82) is 5.26 Å². The zero-order chi connectivity index (χ0) is 21.3. The van der Waals surface area contributed by atoms with Gasteiger partial charge in [-0.3, -0.25) is 4.79 Å². The number of carbonyl (C=O) groups is 1. The Morgan fingerprint density at radius 1 is 1.31 bits per heavy atom. The van der Waals surface area contributed by atoms with Crippen molar-refractivity contribution in [2.24, 2.45) is 0 Å². The number of H-pyrrole nitrogens is 1. The average Bonchev–Trinajstić information content (AvgIpc) is 2.95. The first kappa shape index (κ1) is 20.4. The van der Waals surface area contributed by atoms with Crippen molar-refractivity contribution in [2.75, 3.05) is 6.54 Å². The predicted octanol–water partition coefficient (Wildman–Crippen LogP) is 3.59. The third-order valence-corrected chi connectivity index (χ3v) is 4.35. The quantitative estimate of drug-likeness (QED) is 0.492. The number of aromatic amines is 1. The normalized spacial score (nSPS) is 11.4. The third kappa shape index (κ3) is 3.68. The maximum absolute atomic E-state index is 14.4. The summed E-state index contributed by atoms with van der Waals surface area (Å²) < 4.78 is 67.2. The fourth-order valence-electron chi connectivity index (χ4n) is 2.90. The van der Waals surface area contributed by atoms with Gasteiger partial charge in [0.25, 0.3) is 0 Å². The molecule has 0 bridgehead atoms. The van der Waals surface area contributed by atoms with Gasteiger partial charge in [-0.05, 0) is 12.1 Å². The molecule has 0 spiro atoms. The van der Waals surface area contributed by atoms with Crippen molar-refractivity contribution in [2.45, 2.75) is 12.7 Å². The fraction of sp³-hybridized carbons (Fsp3) is 0.176. The van der Waals surface area contributed by atoms with Gasteiger partial charge in [0.15, 0.2) is 4.64 Å². The van der Waals surface area contributed by atoms with Crippen molar-refractivity contribution in [3.8, 4) is 17.3 Å². The summed E-state index contributed by atoms with van der Waals surface area (Å²) in [6, 6.07) is 4.92. The second-order valence-corrected chi connectivity index (χ2v) is 6.16. The minimum Gasteiger partial charge on any atom is -0.346 e. The van der Waals surface area contributed by atoms with Crippen LogP contribution in [0.1, 0.15) is 5.56 Å². The Labute approximate surface area is 164 Å². The highest BCUT2D eigenvalue weighted by Crippen LogP contribution is 2.35. The number of nitrogens with one attached hydrogen (secondary N) is 2. The summed E-state index contributed by atoms with van der Waals surface area (Å²) >= 11 is 5.12. The Balaban J connectivity index is 2.21. The first-order valence-electron chi connectivity index (χ1n) is 7.96. The largest absolute Gasteiger partial charge is 0.471 e. The fourth-order valence-corrected chi connectivity index (χ4v) is 3.16. The molecule has 2 heterocycles. The van der Waals surface area contributed by atoms with Gasteiger partial charge < -0.3 is 14.9 Å². The molecule has 0 fully saturated rings. The summed E-state index contributed by atoms with van der Waals surface area (Å²) in [5.41, 5.74) is -0.732. The molecule has 1 amide bonds. The Hall–Kier alpha value is -3.33. The van der Waals surface area contributed by atoms with Crippen LogP contribution in [0.2, 0.25) is 0 Å². The van der Waals surface area contributed by atoms with E-state index < -0.39 is 35.8 Å². The first-order chi connectivity index (χ1) is 13.7. The van der Waals surface area contributed by atoms with Gasteiger partial charge in [-0.25, -0.2) is 13.8 Å². The minimum atomic E-state index is -5.09. The maximum Gasteiger partial charge on any atom is 0.471 e. The molecule has 2 N–H and O–H groups in total. The van der Waals surface area contributed by atoms with E-state index in [1.54, 1.807) is 5.32 Å². The Morgan fingerprint density at radius 2 is 1.97 bits per heavy atom. The van der Waals surface area contributed by atoms with E-state index in [1.165, 1.54) is 6.33 Å². The number of benzene rings is 1. The molecule has 0 aliphatic rings. The third-order valence-electron chi connectivity index (χ3n) is 4.05. The van der Waals surface area contributed by atoms with Crippen molar-refractivity contribution in [3.63, 3.8) is 0 Å². The van der Waals surface area contributed by atoms with Gasteiger partial charge in [-0.1, -0.05) is 18.3 Å². The maximum atomic E-state index is 14.4.